The van der Waals surface area contributed by atoms with Crippen LogP contribution < -0.4 is 5.32 Å². The Labute approximate surface area is 85.3 Å². The minimum absolute atomic E-state index is 0.151. The molecule has 0 radical (unpaired) electrons. The molecule has 1 aliphatic carbocycles. The van der Waals surface area contributed by atoms with E-state index in [4.69, 9.17) is 5.11 Å². The second kappa shape index (κ2) is 5.32. The van der Waals surface area contributed by atoms with Gasteiger partial charge < -0.3 is 15.3 Å². The maximum absolute atomic E-state index is 10.7. The number of hydrogen-bond acceptors (Lipinski definition) is 3. The molecule has 1 rings (SSSR count). The maximum atomic E-state index is 10.7. The fourth-order valence-electron chi connectivity index (χ4n) is 1.64. The van der Waals surface area contributed by atoms with Crippen LogP contribution in [0.5, 0.6) is 0 Å². The lowest BCUT2D eigenvalue weighted by molar-refractivity contribution is -0.146. The Morgan fingerprint density at radius 2 is 2.29 bits per heavy atom. The van der Waals surface area contributed by atoms with Crippen LogP contribution in [0.25, 0.3) is 0 Å². The molecule has 0 saturated heterocycles. The van der Waals surface area contributed by atoms with Gasteiger partial charge in [-0.15, -0.1) is 0 Å². The molecule has 2 atom stereocenters. The summed E-state index contributed by atoms with van der Waals surface area (Å²) < 4.78 is 0. The zero-order chi connectivity index (χ0) is 10.6. The van der Waals surface area contributed by atoms with Gasteiger partial charge in [0.1, 0.15) is 0 Å². The standard InChI is InChI=1S/C10H20N2O2/c1-3-12(2)7-6-11-9-5-4-8(9)10(13)14/h8-9,11H,3-7H2,1-2H3,(H,13,14). The molecule has 1 aliphatic rings. The van der Waals surface area contributed by atoms with Crippen LogP contribution in [0.15, 0.2) is 0 Å². The van der Waals surface area contributed by atoms with Gasteiger partial charge in [-0.25, -0.2) is 0 Å². The van der Waals surface area contributed by atoms with Gasteiger partial charge in [0.05, 0.1) is 5.92 Å². The Kier molecular flexibility index (Phi) is 4.35. The lowest BCUT2D eigenvalue weighted by Gasteiger charge is -2.34. The molecule has 2 unspecified atom stereocenters. The first-order valence-electron chi connectivity index (χ1n) is 5.30. The summed E-state index contributed by atoms with van der Waals surface area (Å²) in [5.41, 5.74) is 0. The van der Waals surface area contributed by atoms with Gasteiger partial charge in [0, 0.05) is 19.1 Å². The quantitative estimate of drug-likeness (QED) is 0.651. The highest BCUT2D eigenvalue weighted by Gasteiger charge is 2.35. The van der Waals surface area contributed by atoms with Crippen LogP contribution >= 0.6 is 0 Å². The summed E-state index contributed by atoms with van der Waals surface area (Å²) in [6, 6.07) is 0.206. The van der Waals surface area contributed by atoms with Crippen molar-refractivity contribution in [3.05, 3.63) is 0 Å². The van der Waals surface area contributed by atoms with Gasteiger partial charge in [-0.2, -0.15) is 0 Å². The van der Waals surface area contributed by atoms with Gasteiger partial charge in [-0.3, -0.25) is 4.79 Å². The lowest BCUT2D eigenvalue weighted by Crippen LogP contribution is -2.49. The average molecular weight is 200 g/mol. The molecule has 4 heteroatoms. The van der Waals surface area contributed by atoms with Crippen molar-refractivity contribution in [2.24, 2.45) is 5.92 Å². The summed E-state index contributed by atoms with van der Waals surface area (Å²) in [7, 11) is 2.07. The van der Waals surface area contributed by atoms with Crippen molar-refractivity contribution in [1.82, 2.24) is 10.2 Å². The zero-order valence-corrected chi connectivity index (χ0v) is 8.99. The number of aliphatic carboxylic acids is 1. The normalized spacial score (nSPS) is 26.2. The van der Waals surface area contributed by atoms with Crippen molar-refractivity contribution in [2.45, 2.75) is 25.8 Å². The molecular formula is C10H20N2O2. The van der Waals surface area contributed by atoms with Gasteiger partial charge in [-0.1, -0.05) is 6.92 Å². The van der Waals surface area contributed by atoms with Crippen LogP contribution in [0.4, 0.5) is 0 Å². The number of hydrogen-bond donors (Lipinski definition) is 2. The molecule has 0 aliphatic heterocycles. The smallest absolute Gasteiger partial charge is 0.308 e. The lowest BCUT2D eigenvalue weighted by atomic mass is 9.79. The fraction of sp³-hybridized carbons (Fsp3) is 0.900. The first kappa shape index (κ1) is 11.5. The van der Waals surface area contributed by atoms with E-state index in [2.05, 4.69) is 24.2 Å². The highest BCUT2D eigenvalue weighted by Crippen LogP contribution is 2.27. The van der Waals surface area contributed by atoms with Crippen LogP contribution in [0.2, 0.25) is 0 Å². The third kappa shape index (κ3) is 2.96. The van der Waals surface area contributed by atoms with E-state index in [-0.39, 0.29) is 12.0 Å². The molecule has 0 amide bonds. The van der Waals surface area contributed by atoms with Gasteiger partial charge in [0.15, 0.2) is 0 Å². The molecule has 0 aromatic rings. The largest absolute Gasteiger partial charge is 0.481 e. The second-order valence-electron chi connectivity index (χ2n) is 3.98. The Morgan fingerprint density at radius 3 is 2.71 bits per heavy atom. The van der Waals surface area contributed by atoms with Crippen molar-refractivity contribution >= 4 is 5.97 Å². The van der Waals surface area contributed by atoms with E-state index < -0.39 is 5.97 Å². The van der Waals surface area contributed by atoms with E-state index in [1.165, 1.54) is 0 Å². The number of carbonyl (C=O) groups is 1. The molecule has 0 aromatic heterocycles. The number of carboxylic acids is 1. The molecule has 1 saturated carbocycles. The molecule has 2 N–H and O–H groups in total. The van der Waals surface area contributed by atoms with Crippen LogP contribution in [0.3, 0.4) is 0 Å². The third-order valence-electron chi connectivity index (χ3n) is 3.03. The zero-order valence-electron chi connectivity index (χ0n) is 8.99. The third-order valence-corrected chi connectivity index (χ3v) is 3.03. The Bertz CT molecular complexity index is 197. The van der Waals surface area contributed by atoms with Crippen molar-refractivity contribution in [1.29, 1.82) is 0 Å². The van der Waals surface area contributed by atoms with E-state index in [1.807, 2.05) is 0 Å². The van der Waals surface area contributed by atoms with Crippen LogP contribution in [-0.4, -0.2) is 48.7 Å². The fourth-order valence-corrected chi connectivity index (χ4v) is 1.64. The molecule has 82 valence electrons. The summed E-state index contributed by atoms with van der Waals surface area (Å²) in [4.78, 5) is 12.9. The molecule has 0 bridgehead atoms. The van der Waals surface area contributed by atoms with Crippen molar-refractivity contribution in [3.63, 3.8) is 0 Å². The summed E-state index contributed by atoms with van der Waals surface area (Å²) >= 11 is 0. The van der Waals surface area contributed by atoms with Crippen LogP contribution in [0, 0.1) is 5.92 Å². The highest BCUT2D eigenvalue weighted by molar-refractivity contribution is 5.72. The predicted molar refractivity (Wildman–Crippen MR) is 55.3 cm³/mol. The summed E-state index contributed by atoms with van der Waals surface area (Å²) in [6.45, 7) is 5.02. The van der Waals surface area contributed by atoms with E-state index in [1.54, 1.807) is 0 Å². The topological polar surface area (TPSA) is 52.6 Å². The van der Waals surface area contributed by atoms with Gasteiger partial charge in [-0.05, 0) is 26.4 Å². The molecule has 0 aromatic carbocycles. The highest BCUT2D eigenvalue weighted by atomic mass is 16.4. The first-order chi connectivity index (χ1) is 6.65. The molecule has 0 heterocycles. The SMILES string of the molecule is CCN(C)CCNC1CCC1C(=O)O. The second-order valence-corrected chi connectivity index (χ2v) is 3.98. The van der Waals surface area contributed by atoms with Crippen molar-refractivity contribution < 1.29 is 9.90 Å². The van der Waals surface area contributed by atoms with E-state index >= 15 is 0 Å². The first-order valence-corrected chi connectivity index (χ1v) is 5.30. The number of carboxylic acid groups (broad SMARTS) is 1. The summed E-state index contributed by atoms with van der Waals surface area (Å²) in [6.07, 6.45) is 1.84. The summed E-state index contributed by atoms with van der Waals surface area (Å²) in [5.74, 6) is -0.806. The van der Waals surface area contributed by atoms with Crippen molar-refractivity contribution in [3.8, 4) is 0 Å². The Balaban J connectivity index is 2.10. The minimum Gasteiger partial charge on any atom is -0.481 e. The Morgan fingerprint density at radius 1 is 1.57 bits per heavy atom. The number of nitrogens with one attached hydrogen (secondary N) is 1. The van der Waals surface area contributed by atoms with Crippen LogP contribution in [0.1, 0.15) is 19.8 Å². The minimum atomic E-state index is -0.655. The molecule has 14 heavy (non-hydrogen) atoms. The van der Waals surface area contributed by atoms with Gasteiger partial charge in [0.2, 0.25) is 0 Å². The number of rotatable bonds is 6. The molecule has 4 nitrogen and oxygen atoms in total. The number of likely N-dealkylation sites (N-methyl/N-ethyl adjacent to an activating group) is 1. The van der Waals surface area contributed by atoms with Crippen molar-refractivity contribution in [2.75, 3.05) is 26.7 Å². The van der Waals surface area contributed by atoms with Crippen LogP contribution in [-0.2, 0) is 4.79 Å². The van der Waals surface area contributed by atoms with Gasteiger partial charge in [0.25, 0.3) is 0 Å². The van der Waals surface area contributed by atoms with E-state index in [9.17, 15) is 4.79 Å². The maximum Gasteiger partial charge on any atom is 0.308 e. The predicted octanol–water partition coefficient (Wildman–Crippen LogP) is 0.391. The van der Waals surface area contributed by atoms with Gasteiger partial charge >= 0.3 is 5.97 Å². The Hall–Kier alpha value is -0.610. The average Bonchev–Trinajstić information content (AvgIpc) is 2.08. The molecule has 1 fully saturated rings. The number of nitrogens with zero attached hydrogens (tertiary/aromatic N) is 1. The summed E-state index contributed by atoms with van der Waals surface area (Å²) in [5, 5.41) is 12.1. The van der Waals surface area contributed by atoms with E-state index in [0.717, 1.165) is 32.5 Å². The monoisotopic (exact) mass is 200 g/mol. The van der Waals surface area contributed by atoms with E-state index in [0.29, 0.717) is 0 Å². The molecular weight excluding hydrogens is 180 g/mol. The molecule has 0 spiro atoms.